The summed E-state index contributed by atoms with van der Waals surface area (Å²) in [5.41, 5.74) is 0. The van der Waals surface area contributed by atoms with Crippen molar-refractivity contribution in [3.63, 3.8) is 0 Å². The summed E-state index contributed by atoms with van der Waals surface area (Å²) in [4.78, 5) is 23.1. The maximum atomic E-state index is 11.6. The minimum absolute atomic E-state index is 0. The molecule has 0 bridgehead atoms. The number of guanidine groups is 1. The van der Waals surface area contributed by atoms with Crippen LogP contribution in [0.1, 0.15) is 32.6 Å². The number of hydrogen-bond acceptors (Lipinski definition) is 4. The molecule has 2 N–H and O–H groups in total. The van der Waals surface area contributed by atoms with Gasteiger partial charge in [-0.25, -0.2) is 0 Å². The first-order valence-electron chi connectivity index (χ1n) is 9.90. The molecule has 0 aromatic carbocycles. The Morgan fingerprint density at radius 2 is 1.92 bits per heavy atom. The molecule has 0 spiro atoms. The molecule has 2 saturated heterocycles. The Labute approximate surface area is 176 Å². The Morgan fingerprint density at radius 1 is 1.08 bits per heavy atom. The maximum Gasteiger partial charge on any atom is 0.222 e. The van der Waals surface area contributed by atoms with Gasteiger partial charge in [0, 0.05) is 58.8 Å². The number of aliphatic imine (C=N–C) groups is 1. The van der Waals surface area contributed by atoms with Gasteiger partial charge < -0.3 is 25.3 Å². The van der Waals surface area contributed by atoms with Crippen molar-refractivity contribution in [3.8, 4) is 0 Å². The third-order valence-electron chi connectivity index (χ3n) is 4.90. The van der Waals surface area contributed by atoms with E-state index in [1.54, 1.807) is 0 Å². The van der Waals surface area contributed by atoms with E-state index in [0.717, 1.165) is 77.6 Å². The minimum atomic E-state index is 0. The fraction of sp³-hybridized carbons (Fsp3) is 0.889. The lowest BCUT2D eigenvalue weighted by Gasteiger charge is -2.21. The van der Waals surface area contributed by atoms with Crippen LogP contribution in [0.4, 0.5) is 0 Å². The van der Waals surface area contributed by atoms with E-state index in [1.807, 2.05) is 4.90 Å². The summed E-state index contributed by atoms with van der Waals surface area (Å²) >= 11 is 0. The van der Waals surface area contributed by atoms with Gasteiger partial charge in [0.25, 0.3) is 0 Å². The molecule has 0 aliphatic carbocycles. The Hall–Kier alpha value is -0.610. The predicted molar refractivity (Wildman–Crippen MR) is 118 cm³/mol. The number of nitrogens with zero attached hydrogens (tertiary/aromatic N) is 4. The Bertz CT molecular complexity index is 434. The molecule has 0 aromatic rings. The molecular weight excluding hydrogens is 443 g/mol. The zero-order valence-corrected chi connectivity index (χ0v) is 18.8. The zero-order valence-electron chi connectivity index (χ0n) is 16.5. The van der Waals surface area contributed by atoms with Gasteiger partial charge in [-0.2, -0.15) is 0 Å². The summed E-state index contributed by atoms with van der Waals surface area (Å²) in [5.74, 6) is 1.19. The van der Waals surface area contributed by atoms with Gasteiger partial charge in [-0.3, -0.25) is 9.79 Å². The van der Waals surface area contributed by atoms with Crippen molar-refractivity contribution >= 4 is 35.8 Å². The largest absolute Gasteiger partial charge is 0.357 e. The molecule has 2 rings (SSSR count). The number of amides is 1. The molecule has 8 heteroatoms. The van der Waals surface area contributed by atoms with Gasteiger partial charge in [-0.05, 0) is 46.3 Å². The number of likely N-dealkylation sites (N-methyl/N-ethyl adjacent to an activating group) is 1. The lowest BCUT2D eigenvalue weighted by Crippen LogP contribution is -2.42. The van der Waals surface area contributed by atoms with E-state index < -0.39 is 0 Å². The van der Waals surface area contributed by atoms with Crippen LogP contribution in [0, 0.1) is 0 Å². The van der Waals surface area contributed by atoms with Crippen LogP contribution in [0.3, 0.4) is 0 Å². The smallest absolute Gasteiger partial charge is 0.222 e. The van der Waals surface area contributed by atoms with Gasteiger partial charge in [0.15, 0.2) is 5.96 Å². The van der Waals surface area contributed by atoms with Gasteiger partial charge in [-0.1, -0.05) is 0 Å². The Balaban J connectivity index is 0.00000338. The second kappa shape index (κ2) is 13.5. The maximum absolute atomic E-state index is 11.6. The molecule has 152 valence electrons. The van der Waals surface area contributed by atoms with Gasteiger partial charge >= 0.3 is 0 Å². The molecule has 2 fully saturated rings. The predicted octanol–water partition coefficient (Wildman–Crippen LogP) is 0.810. The normalized spacial score (nSPS) is 20.0. The molecule has 0 radical (unpaired) electrons. The summed E-state index contributed by atoms with van der Waals surface area (Å²) in [6.07, 6.45) is 3.92. The van der Waals surface area contributed by atoms with Gasteiger partial charge in [0.05, 0.1) is 0 Å². The highest BCUT2D eigenvalue weighted by Gasteiger charge is 2.18. The van der Waals surface area contributed by atoms with Gasteiger partial charge in [0.2, 0.25) is 5.91 Å². The number of halogens is 1. The Morgan fingerprint density at radius 3 is 2.65 bits per heavy atom. The molecule has 2 aliphatic heterocycles. The van der Waals surface area contributed by atoms with E-state index in [9.17, 15) is 4.79 Å². The van der Waals surface area contributed by atoms with E-state index in [0.29, 0.717) is 5.91 Å². The molecule has 1 amide bonds. The van der Waals surface area contributed by atoms with E-state index in [2.05, 4.69) is 39.4 Å². The third-order valence-corrected chi connectivity index (χ3v) is 4.90. The van der Waals surface area contributed by atoms with Crippen molar-refractivity contribution in [1.82, 2.24) is 25.3 Å². The summed E-state index contributed by atoms with van der Waals surface area (Å²) in [6.45, 7) is 12.1. The van der Waals surface area contributed by atoms with Crippen LogP contribution in [0.25, 0.3) is 0 Å². The van der Waals surface area contributed by atoms with Crippen LogP contribution in [0.5, 0.6) is 0 Å². The second-order valence-electron chi connectivity index (χ2n) is 7.02. The molecular formula is C18H37IN6O. The van der Waals surface area contributed by atoms with Gasteiger partial charge in [0.1, 0.15) is 0 Å². The summed E-state index contributed by atoms with van der Waals surface area (Å²) in [5, 5.41) is 6.75. The number of carbonyl (C=O) groups is 1. The van der Waals surface area contributed by atoms with Crippen LogP contribution < -0.4 is 10.6 Å². The average Bonchev–Trinajstić information content (AvgIpc) is 2.89. The molecule has 0 unspecified atom stereocenters. The van der Waals surface area contributed by atoms with E-state index in [1.165, 1.54) is 19.5 Å². The molecule has 2 aliphatic rings. The molecule has 0 saturated carbocycles. The number of carbonyl (C=O) groups excluding carboxylic acids is 1. The average molecular weight is 480 g/mol. The highest BCUT2D eigenvalue weighted by Crippen LogP contribution is 2.09. The highest BCUT2D eigenvalue weighted by molar-refractivity contribution is 14.0. The standard InChI is InChI=1S/C18H36N6O.HI/c1-3-19-18(20-8-5-13-24-12-4-7-17(24)25)21-9-14-23-11-6-10-22(2)15-16-23;/h3-16H2,1-2H3,(H2,19,20,21);1H. The molecule has 26 heavy (non-hydrogen) atoms. The van der Waals surface area contributed by atoms with E-state index >= 15 is 0 Å². The number of nitrogens with one attached hydrogen (secondary N) is 2. The first kappa shape index (κ1) is 23.4. The van der Waals surface area contributed by atoms with Crippen LogP contribution in [-0.2, 0) is 4.79 Å². The van der Waals surface area contributed by atoms with Crippen LogP contribution in [-0.4, -0.2) is 99.1 Å². The third kappa shape index (κ3) is 8.85. The number of rotatable bonds is 8. The van der Waals surface area contributed by atoms with Crippen LogP contribution >= 0.6 is 24.0 Å². The zero-order chi connectivity index (χ0) is 17.9. The summed E-state index contributed by atoms with van der Waals surface area (Å²) < 4.78 is 0. The summed E-state index contributed by atoms with van der Waals surface area (Å²) in [6, 6.07) is 0. The fourth-order valence-electron chi connectivity index (χ4n) is 3.39. The fourth-order valence-corrected chi connectivity index (χ4v) is 3.39. The van der Waals surface area contributed by atoms with Crippen LogP contribution in [0.2, 0.25) is 0 Å². The van der Waals surface area contributed by atoms with Crippen molar-refractivity contribution < 1.29 is 4.79 Å². The van der Waals surface area contributed by atoms with Crippen molar-refractivity contribution in [2.24, 2.45) is 4.99 Å². The molecule has 0 atom stereocenters. The first-order valence-corrected chi connectivity index (χ1v) is 9.90. The number of likely N-dealkylation sites (tertiary alicyclic amines) is 1. The summed E-state index contributed by atoms with van der Waals surface area (Å²) in [7, 11) is 2.20. The second-order valence-corrected chi connectivity index (χ2v) is 7.02. The molecule has 2 heterocycles. The van der Waals surface area contributed by atoms with Crippen molar-refractivity contribution in [2.75, 3.05) is 72.5 Å². The number of hydrogen-bond donors (Lipinski definition) is 2. The van der Waals surface area contributed by atoms with E-state index in [-0.39, 0.29) is 24.0 Å². The van der Waals surface area contributed by atoms with Crippen molar-refractivity contribution in [2.45, 2.75) is 32.6 Å². The van der Waals surface area contributed by atoms with Crippen molar-refractivity contribution in [1.29, 1.82) is 0 Å². The highest BCUT2D eigenvalue weighted by atomic mass is 127. The lowest BCUT2D eigenvalue weighted by molar-refractivity contribution is -0.127. The van der Waals surface area contributed by atoms with Crippen LogP contribution in [0.15, 0.2) is 4.99 Å². The van der Waals surface area contributed by atoms with Gasteiger partial charge in [-0.15, -0.1) is 24.0 Å². The van der Waals surface area contributed by atoms with E-state index in [4.69, 9.17) is 0 Å². The minimum Gasteiger partial charge on any atom is -0.357 e. The molecule has 7 nitrogen and oxygen atoms in total. The molecule has 0 aromatic heterocycles. The lowest BCUT2D eigenvalue weighted by atomic mass is 10.4. The topological polar surface area (TPSA) is 63.2 Å². The monoisotopic (exact) mass is 480 g/mol. The SMILES string of the molecule is CCNC(=NCCCN1CCCC1=O)NCCN1CCCN(C)CC1.I. The quantitative estimate of drug-likeness (QED) is 0.233. The van der Waals surface area contributed by atoms with Crippen molar-refractivity contribution in [3.05, 3.63) is 0 Å². The Kier molecular flexibility index (Phi) is 12.2. The first-order chi connectivity index (χ1) is 12.2.